The molecule has 0 unspecified atom stereocenters. The Hall–Kier alpha value is -2.92. The number of para-hydroxylation sites is 1. The van der Waals surface area contributed by atoms with Crippen molar-refractivity contribution in [3.63, 3.8) is 0 Å². The summed E-state index contributed by atoms with van der Waals surface area (Å²) in [5.74, 6) is -1.32. The molecular weight excluding hydrogens is 400 g/mol. The molecule has 0 spiro atoms. The summed E-state index contributed by atoms with van der Waals surface area (Å²) in [6.07, 6.45) is -0.00254. The lowest BCUT2D eigenvalue weighted by molar-refractivity contribution is -0.120. The van der Waals surface area contributed by atoms with Gasteiger partial charge in [-0.1, -0.05) is 12.1 Å². The molecule has 158 valence electrons. The van der Waals surface area contributed by atoms with E-state index in [1.165, 1.54) is 23.5 Å². The molecule has 0 aliphatic rings. The SMILES string of the molecule is CNC(=O)CCC(=O)c1ccccc1-n1c(=O)c(N(C)CS(=O)(=O)O)c(C)n1C. The van der Waals surface area contributed by atoms with E-state index in [9.17, 15) is 22.8 Å². The predicted octanol–water partition coefficient (Wildman–Crippen LogP) is 0.475. The van der Waals surface area contributed by atoms with Crippen LogP contribution in [0.15, 0.2) is 29.1 Å². The summed E-state index contributed by atoms with van der Waals surface area (Å²) < 4.78 is 34.3. The zero-order valence-electron chi connectivity index (χ0n) is 16.7. The Bertz CT molecular complexity index is 1100. The zero-order valence-corrected chi connectivity index (χ0v) is 17.5. The van der Waals surface area contributed by atoms with Crippen molar-refractivity contribution < 1.29 is 22.6 Å². The highest BCUT2D eigenvalue weighted by Gasteiger charge is 2.24. The lowest BCUT2D eigenvalue weighted by atomic mass is 10.0. The number of amides is 1. The van der Waals surface area contributed by atoms with Gasteiger partial charge in [-0.05, 0) is 19.1 Å². The highest BCUT2D eigenvalue weighted by atomic mass is 32.2. The molecule has 1 aromatic carbocycles. The predicted molar refractivity (Wildman–Crippen MR) is 108 cm³/mol. The molecule has 2 rings (SSSR count). The fourth-order valence-corrected chi connectivity index (χ4v) is 3.71. The molecule has 0 atom stereocenters. The first-order chi connectivity index (χ1) is 13.5. The average molecular weight is 424 g/mol. The van der Waals surface area contributed by atoms with E-state index in [4.69, 9.17) is 4.55 Å². The van der Waals surface area contributed by atoms with E-state index in [1.54, 1.807) is 38.2 Å². The van der Waals surface area contributed by atoms with Crippen LogP contribution in [0.5, 0.6) is 0 Å². The first kappa shape index (κ1) is 22.4. The number of anilines is 1. The van der Waals surface area contributed by atoms with Crippen molar-refractivity contribution in [2.45, 2.75) is 19.8 Å². The number of aromatic nitrogens is 2. The molecule has 29 heavy (non-hydrogen) atoms. The summed E-state index contributed by atoms with van der Waals surface area (Å²) in [7, 11) is 0.129. The van der Waals surface area contributed by atoms with E-state index in [0.717, 1.165) is 4.90 Å². The Morgan fingerprint density at radius 3 is 2.41 bits per heavy atom. The van der Waals surface area contributed by atoms with Gasteiger partial charge in [-0.2, -0.15) is 8.42 Å². The lowest BCUT2D eigenvalue weighted by Crippen LogP contribution is -2.31. The van der Waals surface area contributed by atoms with E-state index < -0.39 is 21.6 Å². The van der Waals surface area contributed by atoms with E-state index >= 15 is 0 Å². The molecule has 0 fully saturated rings. The third-order valence-electron chi connectivity index (χ3n) is 4.55. The summed E-state index contributed by atoms with van der Waals surface area (Å²) >= 11 is 0. The smallest absolute Gasteiger partial charge is 0.295 e. The van der Waals surface area contributed by atoms with Gasteiger partial charge in [0.15, 0.2) is 5.78 Å². The molecule has 0 saturated heterocycles. The molecule has 11 heteroatoms. The number of Topliss-reactive ketones (excluding diaryl/α,β-unsaturated/α-hetero) is 1. The van der Waals surface area contributed by atoms with Crippen molar-refractivity contribution in [3.05, 3.63) is 45.9 Å². The summed E-state index contributed by atoms with van der Waals surface area (Å²) in [4.78, 5) is 38.3. The molecule has 1 aromatic heterocycles. The van der Waals surface area contributed by atoms with Crippen LogP contribution < -0.4 is 15.8 Å². The van der Waals surface area contributed by atoms with E-state index in [0.29, 0.717) is 11.4 Å². The Labute approximate surface area is 168 Å². The van der Waals surface area contributed by atoms with Crippen molar-refractivity contribution >= 4 is 27.5 Å². The first-order valence-electron chi connectivity index (χ1n) is 8.76. The zero-order chi connectivity index (χ0) is 21.9. The topological polar surface area (TPSA) is 131 Å². The number of benzene rings is 1. The van der Waals surface area contributed by atoms with Gasteiger partial charge in [-0.25, -0.2) is 4.68 Å². The van der Waals surface area contributed by atoms with Gasteiger partial charge in [-0.3, -0.25) is 23.6 Å². The molecular formula is C18H24N4O6S. The summed E-state index contributed by atoms with van der Waals surface area (Å²) in [6.45, 7) is 1.63. The van der Waals surface area contributed by atoms with Crippen LogP contribution in [-0.4, -0.2) is 54.0 Å². The average Bonchev–Trinajstić information content (AvgIpc) is 2.86. The van der Waals surface area contributed by atoms with Crippen LogP contribution in [0, 0.1) is 6.92 Å². The number of hydrogen-bond donors (Lipinski definition) is 2. The Balaban J connectivity index is 2.54. The van der Waals surface area contributed by atoms with Crippen LogP contribution in [0.25, 0.3) is 5.69 Å². The second kappa shape index (κ2) is 8.62. The number of hydrogen-bond acceptors (Lipinski definition) is 6. The normalized spacial score (nSPS) is 11.3. The van der Waals surface area contributed by atoms with Crippen molar-refractivity contribution in [1.29, 1.82) is 0 Å². The van der Waals surface area contributed by atoms with Crippen molar-refractivity contribution in [3.8, 4) is 5.69 Å². The summed E-state index contributed by atoms with van der Waals surface area (Å²) in [6, 6.07) is 6.49. The minimum Gasteiger partial charge on any atom is -0.359 e. The van der Waals surface area contributed by atoms with Gasteiger partial charge in [0.2, 0.25) is 5.91 Å². The number of carbonyl (C=O) groups is 2. The maximum absolute atomic E-state index is 13.1. The van der Waals surface area contributed by atoms with Gasteiger partial charge in [0.05, 0.1) is 11.4 Å². The number of carbonyl (C=O) groups excluding carboxylic acids is 2. The Kier molecular flexibility index (Phi) is 6.65. The molecule has 0 bridgehead atoms. The van der Waals surface area contributed by atoms with Gasteiger partial charge < -0.3 is 10.2 Å². The van der Waals surface area contributed by atoms with Gasteiger partial charge in [0.1, 0.15) is 11.6 Å². The number of nitrogens with zero attached hydrogens (tertiary/aromatic N) is 3. The van der Waals surface area contributed by atoms with Gasteiger partial charge >= 0.3 is 0 Å². The van der Waals surface area contributed by atoms with Gasteiger partial charge in [0, 0.05) is 39.5 Å². The van der Waals surface area contributed by atoms with Gasteiger partial charge in [0.25, 0.3) is 15.7 Å². The second-order valence-electron chi connectivity index (χ2n) is 6.60. The minimum atomic E-state index is -4.34. The van der Waals surface area contributed by atoms with E-state index in [2.05, 4.69) is 5.32 Å². The van der Waals surface area contributed by atoms with Crippen LogP contribution >= 0.6 is 0 Å². The Morgan fingerprint density at radius 2 is 1.83 bits per heavy atom. The molecule has 2 aromatic rings. The van der Waals surface area contributed by atoms with Crippen LogP contribution in [0.3, 0.4) is 0 Å². The highest BCUT2D eigenvalue weighted by molar-refractivity contribution is 7.85. The van der Waals surface area contributed by atoms with Crippen LogP contribution in [0.1, 0.15) is 28.9 Å². The van der Waals surface area contributed by atoms with Crippen LogP contribution in [0.4, 0.5) is 5.69 Å². The summed E-state index contributed by atoms with van der Waals surface area (Å²) in [5, 5.41) is 2.45. The maximum atomic E-state index is 13.1. The highest BCUT2D eigenvalue weighted by Crippen LogP contribution is 2.21. The third kappa shape index (κ3) is 4.93. The Morgan fingerprint density at radius 1 is 1.21 bits per heavy atom. The number of ketones is 1. The monoisotopic (exact) mass is 424 g/mol. The van der Waals surface area contributed by atoms with E-state index in [1.807, 2.05) is 0 Å². The lowest BCUT2D eigenvalue weighted by Gasteiger charge is -2.15. The molecule has 1 amide bonds. The van der Waals surface area contributed by atoms with Crippen LogP contribution in [-0.2, 0) is 22.0 Å². The fraction of sp³-hybridized carbons (Fsp3) is 0.389. The van der Waals surface area contributed by atoms with Crippen LogP contribution in [0.2, 0.25) is 0 Å². The molecule has 1 heterocycles. The largest absolute Gasteiger partial charge is 0.359 e. The standard InChI is InChI=1S/C18H24N4O6S/c1-12-17(20(3)11-29(26,27)28)18(25)22(21(12)4)14-8-6-5-7-13(14)15(23)9-10-16(24)19-2/h5-8H,9-11H2,1-4H3,(H,19,24)(H,26,27,28). The maximum Gasteiger partial charge on any atom is 0.295 e. The van der Waals surface area contributed by atoms with Crippen molar-refractivity contribution in [2.24, 2.45) is 7.05 Å². The minimum absolute atomic E-state index is 0.0209. The molecule has 0 radical (unpaired) electrons. The third-order valence-corrected chi connectivity index (χ3v) is 5.27. The molecule has 0 saturated carbocycles. The van der Waals surface area contributed by atoms with Gasteiger partial charge in [-0.15, -0.1) is 0 Å². The molecule has 10 nitrogen and oxygen atoms in total. The van der Waals surface area contributed by atoms with Crippen molar-refractivity contribution in [1.82, 2.24) is 14.7 Å². The molecule has 0 aliphatic carbocycles. The molecule has 2 N–H and O–H groups in total. The fourth-order valence-electron chi connectivity index (χ4n) is 3.10. The molecule has 0 aliphatic heterocycles. The second-order valence-corrected chi connectivity index (χ2v) is 8.02. The first-order valence-corrected chi connectivity index (χ1v) is 10.4. The van der Waals surface area contributed by atoms with Crippen molar-refractivity contribution in [2.75, 3.05) is 24.9 Å². The summed E-state index contributed by atoms with van der Waals surface area (Å²) in [5.41, 5.74) is 0.578. The number of nitrogens with one attached hydrogen (secondary N) is 1. The number of rotatable bonds is 8. The van der Waals surface area contributed by atoms with E-state index in [-0.39, 0.29) is 35.8 Å². The quantitative estimate of drug-likeness (QED) is 0.465.